The van der Waals surface area contributed by atoms with Gasteiger partial charge in [0.15, 0.2) is 5.76 Å². The lowest BCUT2D eigenvalue weighted by atomic mass is 9.54. The van der Waals surface area contributed by atoms with E-state index >= 15 is 0 Å². The van der Waals surface area contributed by atoms with Crippen LogP contribution in [0.5, 0.6) is 0 Å². The van der Waals surface area contributed by atoms with Crippen molar-refractivity contribution in [3.8, 4) is 0 Å². The Morgan fingerprint density at radius 3 is 2.70 bits per heavy atom. The van der Waals surface area contributed by atoms with Crippen molar-refractivity contribution in [1.82, 2.24) is 5.32 Å². The third-order valence-corrected chi connectivity index (χ3v) is 4.53. The Kier molecular flexibility index (Phi) is 3.93. The van der Waals surface area contributed by atoms with E-state index in [4.69, 9.17) is 9.15 Å². The quantitative estimate of drug-likeness (QED) is 0.864. The van der Waals surface area contributed by atoms with Gasteiger partial charge < -0.3 is 19.6 Å². The minimum absolute atomic E-state index is 0.0401. The zero-order valence-corrected chi connectivity index (χ0v) is 12.5. The monoisotopic (exact) mass is 281 g/mol. The minimum atomic E-state index is -0.662. The number of nitrogens with one attached hydrogen (secondary N) is 1. The molecule has 1 saturated carbocycles. The molecule has 0 bridgehead atoms. The predicted octanol–water partition coefficient (Wildman–Crippen LogP) is 1.88. The summed E-state index contributed by atoms with van der Waals surface area (Å²) < 4.78 is 11.0. The molecule has 2 atom stereocenters. The van der Waals surface area contributed by atoms with Crippen molar-refractivity contribution < 1.29 is 19.1 Å². The molecule has 0 aromatic carbocycles. The molecule has 1 aliphatic carbocycles. The van der Waals surface area contributed by atoms with Gasteiger partial charge >= 0.3 is 0 Å². The molecular weight excluding hydrogens is 258 g/mol. The molecule has 2 N–H and O–H groups in total. The number of hydrogen-bond donors (Lipinski definition) is 2. The van der Waals surface area contributed by atoms with Gasteiger partial charge in [-0.1, -0.05) is 13.8 Å². The predicted molar refractivity (Wildman–Crippen MR) is 74.5 cm³/mol. The topological polar surface area (TPSA) is 71.7 Å². The highest BCUT2D eigenvalue weighted by atomic mass is 16.5. The van der Waals surface area contributed by atoms with Gasteiger partial charge in [-0.15, -0.1) is 0 Å². The maximum absolute atomic E-state index is 12.2. The van der Waals surface area contributed by atoms with Gasteiger partial charge in [0, 0.05) is 18.4 Å². The van der Waals surface area contributed by atoms with Crippen molar-refractivity contribution >= 4 is 5.91 Å². The Morgan fingerprint density at radius 1 is 1.55 bits per heavy atom. The average Bonchev–Trinajstić information content (AvgIpc) is 2.83. The molecule has 1 heterocycles. The Labute approximate surface area is 119 Å². The van der Waals surface area contributed by atoms with Crippen LogP contribution in [-0.4, -0.2) is 35.9 Å². The lowest BCUT2D eigenvalue weighted by Crippen LogP contribution is -2.74. The fourth-order valence-electron chi connectivity index (χ4n) is 2.84. The van der Waals surface area contributed by atoms with Crippen LogP contribution in [0, 0.1) is 12.3 Å². The van der Waals surface area contributed by atoms with Crippen LogP contribution in [0.25, 0.3) is 0 Å². The largest absolute Gasteiger partial charge is 0.456 e. The highest BCUT2D eigenvalue weighted by Crippen LogP contribution is 2.51. The number of aliphatic hydroxyl groups is 1. The van der Waals surface area contributed by atoms with Gasteiger partial charge in [-0.05, 0) is 26.0 Å². The maximum Gasteiger partial charge on any atom is 0.287 e. The second-order valence-electron chi connectivity index (χ2n) is 5.97. The Bertz CT molecular complexity index is 494. The van der Waals surface area contributed by atoms with Crippen molar-refractivity contribution in [3.63, 3.8) is 0 Å². The first-order chi connectivity index (χ1) is 9.36. The molecule has 20 heavy (non-hydrogen) atoms. The summed E-state index contributed by atoms with van der Waals surface area (Å²) in [4.78, 5) is 12.2. The number of rotatable bonds is 5. The minimum Gasteiger partial charge on any atom is -0.456 e. The molecule has 1 aromatic heterocycles. The number of furan rings is 1. The zero-order valence-electron chi connectivity index (χ0n) is 12.5. The molecule has 2 rings (SSSR count). The Morgan fingerprint density at radius 2 is 2.25 bits per heavy atom. The van der Waals surface area contributed by atoms with Crippen molar-refractivity contribution in [2.24, 2.45) is 5.41 Å². The van der Waals surface area contributed by atoms with E-state index in [1.807, 2.05) is 20.8 Å². The van der Waals surface area contributed by atoms with E-state index in [0.29, 0.717) is 18.8 Å². The molecule has 0 saturated heterocycles. The smallest absolute Gasteiger partial charge is 0.287 e. The summed E-state index contributed by atoms with van der Waals surface area (Å²) in [5.41, 5.74) is -0.986. The molecule has 112 valence electrons. The number of ether oxygens (including phenoxy) is 1. The summed E-state index contributed by atoms with van der Waals surface area (Å²) >= 11 is 0. The summed E-state index contributed by atoms with van der Waals surface area (Å²) in [6, 6.07) is 3.39. The van der Waals surface area contributed by atoms with Crippen molar-refractivity contribution in [3.05, 3.63) is 23.7 Å². The molecule has 0 radical (unpaired) electrons. The van der Waals surface area contributed by atoms with Gasteiger partial charge in [-0.25, -0.2) is 0 Å². The van der Waals surface area contributed by atoms with Crippen LogP contribution in [0.15, 0.2) is 16.5 Å². The summed E-state index contributed by atoms with van der Waals surface area (Å²) in [6.07, 6.45) is 0.647. The molecule has 1 amide bonds. The molecule has 0 spiro atoms. The molecule has 1 aromatic rings. The highest BCUT2D eigenvalue weighted by molar-refractivity contribution is 5.92. The maximum atomic E-state index is 12.2. The van der Waals surface area contributed by atoms with Gasteiger partial charge in [-0.3, -0.25) is 4.79 Å². The van der Waals surface area contributed by atoms with Gasteiger partial charge in [0.1, 0.15) is 5.76 Å². The van der Waals surface area contributed by atoms with Crippen LogP contribution in [0.1, 0.15) is 43.5 Å². The molecule has 1 fully saturated rings. The van der Waals surface area contributed by atoms with Crippen molar-refractivity contribution in [1.29, 1.82) is 0 Å². The Hall–Kier alpha value is -1.33. The van der Waals surface area contributed by atoms with Crippen LogP contribution >= 0.6 is 0 Å². The number of hydrogen-bond acceptors (Lipinski definition) is 4. The second-order valence-corrected chi connectivity index (χ2v) is 5.97. The van der Waals surface area contributed by atoms with Gasteiger partial charge in [0.05, 0.1) is 18.2 Å². The number of aryl methyl sites for hydroxylation is 1. The standard InChI is InChI=1S/C15H23NO4/c1-5-19-12-8-15(9-17,14(12,3)4)16-13(18)11-7-6-10(2)20-11/h6-7,12,17H,5,8-9H2,1-4H3,(H,16,18)/t12-,15-/m0/s1. The number of carbonyl (C=O) groups excluding carboxylic acids is 1. The van der Waals surface area contributed by atoms with Gasteiger partial charge in [0.2, 0.25) is 0 Å². The number of carbonyl (C=O) groups is 1. The van der Waals surface area contributed by atoms with E-state index in [9.17, 15) is 9.90 Å². The van der Waals surface area contributed by atoms with E-state index in [2.05, 4.69) is 5.32 Å². The first-order valence-corrected chi connectivity index (χ1v) is 6.97. The zero-order chi connectivity index (χ0) is 15.0. The Balaban J connectivity index is 2.12. The summed E-state index contributed by atoms with van der Waals surface area (Å²) in [6.45, 7) is 8.24. The van der Waals surface area contributed by atoms with Gasteiger partial charge in [-0.2, -0.15) is 0 Å². The first kappa shape index (κ1) is 15.1. The number of aliphatic hydroxyl groups excluding tert-OH is 1. The lowest BCUT2D eigenvalue weighted by molar-refractivity contribution is -0.172. The van der Waals surface area contributed by atoms with E-state index < -0.39 is 5.54 Å². The fourth-order valence-corrected chi connectivity index (χ4v) is 2.84. The summed E-state index contributed by atoms with van der Waals surface area (Å²) in [5.74, 6) is 0.661. The first-order valence-electron chi connectivity index (χ1n) is 6.97. The van der Waals surface area contributed by atoms with Crippen molar-refractivity contribution in [2.75, 3.05) is 13.2 Å². The fraction of sp³-hybridized carbons (Fsp3) is 0.667. The summed E-state index contributed by atoms with van der Waals surface area (Å²) in [5, 5.41) is 12.7. The van der Waals surface area contributed by atoms with Gasteiger partial charge in [0.25, 0.3) is 5.91 Å². The normalized spacial score (nSPS) is 27.9. The molecule has 0 aliphatic heterocycles. The van der Waals surface area contributed by atoms with Crippen LogP contribution < -0.4 is 5.32 Å². The molecule has 1 aliphatic rings. The van der Waals surface area contributed by atoms with Crippen LogP contribution in [0.3, 0.4) is 0 Å². The van der Waals surface area contributed by atoms with E-state index in [0.717, 1.165) is 0 Å². The summed E-state index contributed by atoms with van der Waals surface area (Å²) in [7, 11) is 0. The third-order valence-electron chi connectivity index (χ3n) is 4.53. The second kappa shape index (κ2) is 5.22. The molecular formula is C15H23NO4. The van der Waals surface area contributed by atoms with E-state index in [1.165, 1.54) is 0 Å². The third kappa shape index (κ3) is 2.25. The van der Waals surface area contributed by atoms with Crippen LogP contribution in [0.2, 0.25) is 0 Å². The lowest BCUT2D eigenvalue weighted by Gasteiger charge is -2.60. The molecule has 5 nitrogen and oxygen atoms in total. The molecule has 5 heteroatoms. The van der Waals surface area contributed by atoms with E-state index in [-0.39, 0.29) is 29.8 Å². The van der Waals surface area contributed by atoms with E-state index in [1.54, 1.807) is 19.1 Å². The SMILES string of the molecule is CCO[C@H]1C[C@@](CO)(NC(=O)c2ccc(C)o2)C1(C)C. The highest BCUT2D eigenvalue weighted by Gasteiger charge is 2.61. The van der Waals surface area contributed by atoms with Crippen molar-refractivity contribution in [2.45, 2.75) is 45.8 Å². The number of amides is 1. The average molecular weight is 281 g/mol. The van der Waals surface area contributed by atoms with Crippen LogP contribution in [-0.2, 0) is 4.74 Å². The molecule has 0 unspecified atom stereocenters. The van der Waals surface area contributed by atoms with Crippen LogP contribution in [0.4, 0.5) is 0 Å².